The quantitative estimate of drug-likeness (QED) is 0.449. The summed E-state index contributed by atoms with van der Waals surface area (Å²) in [5.41, 5.74) is -0.0558. The largest absolute Gasteiger partial charge is 0.326 e. The van der Waals surface area contributed by atoms with Crippen LogP contribution in [0.2, 0.25) is 5.02 Å². The van der Waals surface area contributed by atoms with Crippen LogP contribution in [-0.4, -0.2) is 42.8 Å². The van der Waals surface area contributed by atoms with Crippen LogP contribution < -0.4 is 20.8 Å². The number of anilines is 2. The molecular weight excluding hydrogens is 516 g/mol. The first-order valence-electron chi connectivity index (χ1n) is 10.8. The Labute approximate surface area is 210 Å². The molecule has 1 fully saturated rings. The first kappa shape index (κ1) is 25.7. The Balaban J connectivity index is 1.53. The summed E-state index contributed by atoms with van der Waals surface area (Å²) in [7, 11) is -2.79. The number of urea groups is 1. The maximum Gasteiger partial charge on any atom is 0.321 e. The van der Waals surface area contributed by atoms with Gasteiger partial charge in [-0.3, -0.25) is 10.1 Å². The molecule has 1 aliphatic heterocycles. The summed E-state index contributed by atoms with van der Waals surface area (Å²) in [5.74, 6) is -4.33. The van der Waals surface area contributed by atoms with Crippen molar-refractivity contribution in [2.24, 2.45) is 0 Å². The molecule has 2 aromatic carbocycles. The normalized spacial score (nSPS) is 15.8. The highest BCUT2D eigenvalue weighted by molar-refractivity contribution is 7.70. The molecule has 2 N–H and O–H groups in total. The number of hydrogen-bond acceptors (Lipinski definition) is 4. The number of pyridine rings is 1. The number of amides is 3. The van der Waals surface area contributed by atoms with Gasteiger partial charge < -0.3 is 14.8 Å². The minimum absolute atomic E-state index is 0.0166. The van der Waals surface area contributed by atoms with Gasteiger partial charge in [0.1, 0.15) is 13.2 Å². The fourth-order valence-electron chi connectivity index (χ4n) is 3.99. The zero-order valence-electron chi connectivity index (χ0n) is 19.2. The molecular formula is C24H21ClF3N4O3P. The number of aromatic nitrogens is 1. The Kier molecular flexibility index (Phi) is 7.11. The molecule has 12 heteroatoms. The van der Waals surface area contributed by atoms with E-state index in [2.05, 4.69) is 15.6 Å². The lowest BCUT2D eigenvalue weighted by Crippen LogP contribution is -2.43. The molecule has 1 saturated heterocycles. The predicted octanol–water partition coefficient (Wildman–Crippen LogP) is 4.99. The second-order valence-corrected chi connectivity index (χ2v) is 12.2. The number of nitrogens with zero attached hydrogens (tertiary/aromatic N) is 2. The first-order valence-corrected chi connectivity index (χ1v) is 13.8. The number of carbonyl (C=O) groups is 2. The Morgan fingerprint density at radius 1 is 1.11 bits per heavy atom. The number of nitrogens with one attached hydrogen (secondary N) is 2. The maximum atomic E-state index is 15.2. The van der Waals surface area contributed by atoms with Crippen LogP contribution >= 0.6 is 18.7 Å². The molecule has 1 aliphatic rings. The van der Waals surface area contributed by atoms with Crippen molar-refractivity contribution >= 4 is 47.5 Å². The zero-order valence-corrected chi connectivity index (χ0v) is 20.8. The van der Waals surface area contributed by atoms with E-state index in [-0.39, 0.29) is 35.1 Å². The topological polar surface area (TPSA) is 91.4 Å². The van der Waals surface area contributed by atoms with Gasteiger partial charge in [-0.25, -0.2) is 22.9 Å². The molecule has 1 atom stereocenters. The van der Waals surface area contributed by atoms with Crippen molar-refractivity contribution in [1.29, 1.82) is 0 Å². The third kappa shape index (κ3) is 5.10. The Morgan fingerprint density at radius 2 is 1.83 bits per heavy atom. The summed E-state index contributed by atoms with van der Waals surface area (Å²) >= 11 is 5.63. The maximum absolute atomic E-state index is 15.2. The zero-order chi connectivity index (χ0) is 26.2. The molecule has 0 saturated carbocycles. The van der Waals surface area contributed by atoms with E-state index in [1.807, 2.05) is 0 Å². The minimum Gasteiger partial charge on any atom is -0.326 e. The molecule has 0 aliphatic carbocycles. The lowest BCUT2D eigenvalue weighted by Gasteiger charge is -2.20. The lowest BCUT2D eigenvalue weighted by atomic mass is 10.0. The average Bonchev–Trinajstić information content (AvgIpc) is 3.16. The molecule has 2 heterocycles. The fraction of sp³-hybridized carbons (Fsp3) is 0.208. The molecule has 36 heavy (non-hydrogen) atoms. The van der Waals surface area contributed by atoms with Crippen molar-refractivity contribution < 1.29 is 27.3 Å². The molecule has 0 bridgehead atoms. The van der Waals surface area contributed by atoms with Gasteiger partial charge in [-0.2, -0.15) is 0 Å². The second-order valence-electron chi connectivity index (χ2n) is 8.54. The SMILES string of the molecule is CP(C)(=O)c1ccccc1-c1ccc(N2CC[C@@H](NC(=O)Nc3ncc(Cl)cc3F)C2=O)c(F)c1F. The van der Waals surface area contributed by atoms with Gasteiger partial charge in [0, 0.05) is 23.6 Å². The lowest BCUT2D eigenvalue weighted by molar-refractivity contribution is -0.118. The van der Waals surface area contributed by atoms with Gasteiger partial charge >= 0.3 is 6.03 Å². The van der Waals surface area contributed by atoms with E-state index in [1.54, 1.807) is 24.3 Å². The van der Waals surface area contributed by atoms with E-state index in [0.717, 1.165) is 17.2 Å². The standard InChI is InChI=1S/C24H21ClF3N4O3P/c1-36(2,35)19-6-4-3-5-14(19)15-7-8-18(21(28)20(15)27)32-10-9-17(23(32)33)30-24(34)31-22-16(26)11-13(25)12-29-22/h3-8,11-12,17H,9-10H2,1-2H3,(H2,29,30,31,34)/t17-/m1/s1. The van der Waals surface area contributed by atoms with Crippen LogP contribution in [0.3, 0.4) is 0 Å². The molecule has 7 nitrogen and oxygen atoms in total. The van der Waals surface area contributed by atoms with E-state index in [4.69, 9.17) is 11.6 Å². The Bertz CT molecular complexity index is 1420. The van der Waals surface area contributed by atoms with Crippen molar-refractivity contribution in [3.05, 3.63) is 71.1 Å². The molecule has 4 rings (SSSR count). The smallest absolute Gasteiger partial charge is 0.321 e. The molecule has 3 aromatic rings. The van der Waals surface area contributed by atoms with E-state index in [0.29, 0.717) is 10.9 Å². The number of carbonyl (C=O) groups excluding carboxylic acids is 2. The van der Waals surface area contributed by atoms with Crippen molar-refractivity contribution in [1.82, 2.24) is 10.3 Å². The van der Waals surface area contributed by atoms with Crippen molar-refractivity contribution in [2.45, 2.75) is 12.5 Å². The van der Waals surface area contributed by atoms with Crippen LogP contribution in [0.15, 0.2) is 48.7 Å². The third-order valence-corrected chi connectivity index (χ3v) is 7.43. The highest BCUT2D eigenvalue weighted by atomic mass is 35.5. The summed E-state index contributed by atoms with van der Waals surface area (Å²) in [6.07, 6.45) is 1.26. The average molecular weight is 537 g/mol. The summed E-state index contributed by atoms with van der Waals surface area (Å²) in [6, 6.07) is 8.10. The Hall–Kier alpha value is -3.36. The number of hydrogen-bond donors (Lipinski definition) is 2. The summed E-state index contributed by atoms with van der Waals surface area (Å²) < 4.78 is 56.8. The first-order chi connectivity index (χ1) is 17.0. The molecule has 1 aromatic heterocycles. The van der Waals surface area contributed by atoms with Crippen LogP contribution in [0.25, 0.3) is 11.1 Å². The van der Waals surface area contributed by atoms with Crippen LogP contribution in [0.1, 0.15) is 6.42 Å². The van der Waals surface area contributed by atoms with Crippen molar-refractivity contribution in [2.75, 3.05) is 30.1 Å². The molecule has 188 valence electrons. The van der Waals surface area contributed by atoms with Gasteiger partial charge in [-0.15, -0.1) is 0 Å². The van der Waals surface area contributed by atoms with Crippen LogP contribution in [0, 0.1) is 17.5 Å². The van der Waals surface area contributed by atoms with Gasteiger partial charge in [0.25, 0.3) is 0 Å². The van der Waals surface area contributed by atoms with Crippen molar-refractivity contribution in [3.8, 4) is 11.1 Å². The number of rotatable bonds is 5. The number of benzene rings is 2. The predicted molar refractivity (Wildman–Crippen MR) is 133 cm³/mol. The van der Waals surface area contributed by atoms with Crippen molar-refractivity contribution in [3.63, 3.8) is 0 Å². The van der Waals surface area contributed by atoms with E-state index in [9.17, 15) is 18.5 Å². The van der Waals surface area contributed by atoms with Gasteiger partial charge in [-0.1, -0.05) is 35.9 Å². The molecule has 0 spiro atoms. The summed E-state index contributed by atoms with van der Waals surface area (Å²) in [4.78, 5) is 29.8. The number of halogens is 4. The molecule has 0 radical (unpaired) electrons. The van der Waals surface area contributed by atoms with Crippen LogP contribution in [0.5, 0.6) is 0 Å². The van der Waals surface area contributed by atoms with E-state index >= 15 is 8.78 Å². The molecule has 0 unspecified atom stereocenters. The third-order valence-electron chi connectivity index (χ3n) is 5.68. The monoisotopic (exact) mass is 536 g/mol. The highest BCUT2D eigenvalue weighted by Crippen LogP contribution is 2.40. The fourth-order valence-corrected chi connectivity index (χ4v) is 5.35. The van der Waals surface area contributed by atoms with E-state index < -0.39 is 42.6 Å². The summed E-state index contributed by atoms with van der Waals surface area (Å²) in [5, 5.41) is 5.02. The van der Waals surface area contributed by atoms with E-state index in [1.165, 1.54) is 25.5 Å². The minimum atomic E-state index is -2.79. The van der Waals surface area contributed by atoms with Gasteiger partial charge in [-0.05, 0) is 43.5 Å². The van der Waals surface area contributed by atoms with Gasteiger partial charge in [0.15, 0.2) is 23.3 Å². The van der Waals surface area contributed by atoms with Crippen LogP contribution in [-0.2, 0) is 9.36 Å². The van der Waals surface area contributed by atoms with Crippen LogP contribution in [0.4, 0.5) is 29.5 Å². The highest BCUT2D eigenvalue weighted by Gasteiger charge is 2.36. The second kappa shape index (κ2) is 9.95. The Morgan fingerprint density at radius 3 is 2.53 bits per heavy atom. The summed E-state index contributed by atoms with van der Waals surface area (Å²) in [6.45, 7) is 3.10. The van der Waals surface area contributed by atoms with Gasteiger partial charge in [0.2, 0.25) is 5.91 Å². The molecule has 3 amide bonds. The van der Waals surface area contributed by atoms with Gasteiger partial charge in [0.05, 0.1) is 10.7 Å².